The fraction of sp³-hybridized carbons (Fsp3) is 0.231. The Hall–Kier alpha value is -0.530. The van der Waals surface area contributed by atoms with Crippen molar-refractivity contribution in [1.29, 1.82) is 0 Å². The molecular weight excluding hydrogens is 387 g/mol. The van der Waals surface area contributed by atoms with Crippen LogP contribution in [-0.2, 0) is 0 Å². The number of carbonyl (C=O) groups excluding carboxylic acids is 2. The van der Waals surface area contributed by atoms with E-state index in [2.05, 4.69) is 55.8 Å². The molecule has 22 heavy (non-hydrogen) atoms. The van der Waals surface area contributed by atoms with Gasteiger partial charge < -0.3 is 11.5 Å². The second-order valence-corrected chi connectivity index (χ2v) is 6.14. The number of hydrogen-bond acceptors (Lipinski definition) is 2. The maximum Gasteiger partial charge on any atom is 0.273 e. The van der Waals surface area contributed by atoms with Crippen LogP contribution in [-0.4, -0.2) is 10.5 Å². The van der Waals surface area contributed by atoms with Gasteiger partial charge in [0.15, 0.2) is 0 Å². The standard InChI is InChI=1S/C11H11Cl3.2CH3NOS/c1-8(7-10(12)11(13)14)9-5-3-2-4-6-9;2*2-1(3)4/h2-6,8H,7H2,1H3;2*(H3,2,3,4). The highest BCUT2D eigenvalue weighted by Crippen LogP contribution is 2.29. The summed E-state index contributed by atoms with van der Waals surface area (Å²) >= 11 is 23.2. The van der Waals surface area contributed by atoms with Crippen LogP contribution >= 0.6 is 60.1 Å². The molecule has 4 N–H and O–H groups in total. The minimum absolute atomic E-state index is 0.162. The maximum absolute atomic E-state index is 9.09. The molecule has 1 atom stereocenters. The Balaban J connectivity index is 0. The van der Waals surface area contributed by atoms with Gasteiger partial charge in [-0.15, -0.1) is 0 Å². The molecule has 2 amide bonds. The molecule has 0 bridgehead atoms. The van der Waals surface area contributed by atoms with Gasteiger partial charge in [-0.2, -0.15) is 0 Å². The number of hydrogen-bond donors (Lipinski definition) is 4. The molecule has 1 rings (SSSR count). The lowest BCUT2D eigenvalue weighted by Gasteiger charge is -2.10. The molecule has 0 aliphatic heterocycles. The molecule has 124 valence electrons. The van der Waals surface area contributed by atoms with Gasteiger partial charge in [0.05, 0.1) is 0 Å². The normalized spacial score (nSPS) is 10.1. The number of rotatable bonds is 3. The van der Waals surface area contributed by atoms with Crippen molar-refractivity contribution in [2.45, 2.75) is 19.3 Å². The average Bonchev–Trinajstić information content (AvgIpc) is 2.38. The Bertz CT molecular complexity index is 475. The molecule has 1 unspecified atom stereocenters. The molecule has 0 aromatic heterocycles. The minimum Gasteiger partial charge on any atom is -0.361 e. The second-order valence-electron chi connectivity index (χ2n) is 3.86. The third-order valence-corrected chi connectivity index (χ3v) is 3.05. The van der Waals surface area contributed by atoms with Gasteiger partial charge in [0, 0.05) is 5.03 Å². The zero-order chi connectivity index (χ0) is 17.7. The summed E-state index contributed by atoms with van der Waals surface area (Å²) in [6.45, 7) is 2.09. The highest BCUT2D eigenvalue weighted by Gasteiger charge is 2.08. The van der Waals surface area contributed by atoms with E-state index in [1.807, 2.05) is 18.2 Å². The summed E-state index contributed by atoms with van der Waals surface area (Å²) in [4.78, 5) is 18.2. The Morgan fingerprint density at radius 2 is 1.41 bits per heavy atom. The van der Waals surface area contributed by atoms with E-state index in [0.717, 1.165) is 0 Å². The van der Waals surface area contributed by atoms with E-state index < -0.39 is 10.5 Å². The maximum atomic E-state index is 9.09. The average molecular weight is 404 g/mol. The number of benzene rings is 1. The van der Waals surface area contributed by atoms with E-state index in [1.165, 1.54) is 5.56 Å². The van der Waals surface area contributed by atoms with E-state index in [4.69, 9.17) is 44.4 Å². The number of allylic oxidation sites excluding steroid dienone is 1. The van der Waals surface area contributed by atoms with Crippen molar-refractivity contribution in [2.75, 3.05) is 0 Å². The lowest BCUT2D eigenvalue weighted by Crippen LogP contribution is -1.95. The van der Waals surface area contributed by atoms with Crippen LogP contribution in [0.1, 0.15) is 24.8 Å². The smallest absolute Gasteiger partial charge is 0.273 e. The van der Waals surface area contributed by atoms with Crippen LogP contribution in [0.15, 0.2) is 39.9 Å². The molecule has 0 saturated heterocycles. The predicted octanol–water partition coefficient (Wildman–Crippen LogP) is 5.06. The van der Waals surface area contributed by atoms with E-state index in [9.17, 15) is 0 Å². The Kier molecular flexibility index (Phi) is 15.2. The zero-order valence-electron chi connectivity index (χ0n) is 11.7. The molecule has 9 heteroatoms. The first-order valence-corrected chi connectivity index (χ1v) is 7.82. The summed E-state index contributed by atoms with van der Waals surface area (Å²) < 4.78 is 0.162. The molecule has 0 heterocycles. The molecule has 0 saturated carbocycles. The largest absolute Gasteiger partial charge is 0.361 e. The molecule has 4 nitrogen and oxygen atoms in total. The van der Waals surface area contributed by atoms with Crippen molar-refractivity contribution in [3.8, 4) is 0 Å². The minimum atomic E-state index is -0.639. The highest BCUT2D eigenvalue weighted by atomic mass is 35.5. The van der Waals surface area contributed by atoms with Crippen LogP contribution in [0.2, 0.25) is 0 Å². The zero-order valence-corrected chi connectivity index (χ0v) is 15.7. The Morgan fingerprint density at radius 3 is 1.73 bits per heavy atom. The van der Waals surface area contributed by atoms with Crippen LogP contribution in [0.4, 0.5) is 9.59 Å². The van der Waals surface area contributed by atoms with Gasteiger partial charge in [-0.25, -0.2) is 0 Å². The summed E-state index contributed by atoms with van der Waals surface area (Å²) in [6.07, 6.45) is 0.675. The summed E-state index contributed by atoms with van der Waals surface area (Å²) in [5, 5.41) is -0.760. The van der Waals surface area contributed by atoms with Crippen molar-refractivity contribution in [1.82, 2.24) is 0 Å². The fourth-order valence-corrected chi connectivity index (χ4v) is 1.63. The first-order valence-electron chi connectivity index (χ1n) is 5.79. The molecule has 0 spiro atoms. The summed E-state index contributed by atoms with van der Waals surface area (Å²) in [6, 6.07) is 10.1. The van der Waals surface area contributed by atoms with E-state index in [1.54, 1.807) is 0 Å². The lowest BCUT2D eigenvalue weighted by atomic mass is 9.98. The van der Waals surface area contributed by atoms with Crippen LogP contribution < -0.4 is 11.5 Å². The van der Waals surface area contributed by atoms with E-state index in [-0.39, 0.29) is 4.49 Å². The molecule has 0 aliphatic carbocycles. The molecule has 1 aromatic rings. The van der Waals surface area contributed by atoms with E-state index >= 15 is 0 Å². The van der Waals surface area contributed by atoms with Crippen molar-refractivity contribution >= 4 is 70.5 Å². The number of carbonyl (C=O) groups is 2. The number of thiol groups is 2. The van der Waals surface area contributed by atoms with Crippen molar-refractivity contribution in [2.24, 2.45) is 11.5 Å². The molecule has 0 aliphatic rings. The lowest BCUT2D eigenvalue weighted by molar-refractivity contribution is 0.266. The van der Waals surface area contributed by atoms with Gasteiger partial charge in [0.2, 0.25) is 0 Å². The first kappa shape index (κ1) is 23.7. The molecule has 0 radical (unpaired) electrons. The number of amides is 2. The van der Waals surface area contributed by atoms with Gasteiger partial charge in [0.25, 0.3) is 10.5 Å². The van der Waals surface area contributed by atoms with E-state index in [0.29, 0.717) is 17.4 Å². The first-order chi connectivity index (χ1) is 10.1. The molecular formula is C13H17Cl3N2O2S2. The summed E-state index contributed by atoms with van der Waals surface area (Å²) in [5.74, 6) is 0.330. The fourth-order valence-electron chi connectivity index (χ4n) is 1.25. The topological polar surface area (TPSA) is 86.2 Å². The quantitative estimate of drug-likeness (QED) is 0.532. The van der Waals surface area contributed by atoms with Crippen molar-refractivity contribution in [3.63, 3.8) is 0 Å². The van der Waals surface area contributed by atoms with Crippen molar-refractivity contribution < 1.29 is 9.59 Å². The summed E-state index contributed by atoms with van der Waals surface area (Å²) in [5.41, 5.74) is 9.91. The van der Waals surface area contributed by atoms with Gasteiger partial charge in [0.1, 0.15) is 4.49 Å². The summed E-state index contributed by atoms with van der Waals surface area (Å²) in [7, 11) is 0. The van der Waals surface area contributed by atoms with Crippen LogP contribution in [0, 0.1) is 0 Å². The Morgan fingerprint density at radius 1 is 1.05 bits per heavy atom. The molecule has 0 fully saturated rings. The van der Waals surface area contributed by atoms with Crippen LogP contribution in [0.3, 0.4) is 0 Å². The van der Waals surface area contributed by atoms with Crippen molar-refractivity contribution in [3.05, 3.63) is 45.4 Å². The SMILES string of the molecule is CC(CC(Cl)=C(Cl)Cl)c1ccccc1.NC(=O)S.NC(=O)S. The number of primary amides is 2. The number of halogens is 3. The Labute approximate surface area is 156 Å². The number of nitrogens with two attached hydrogens (primary N) is 2. The third-order valence-electron chi connectivity index (χ3n) is 2.06. The van der Waals surface area contributed by atoms with Gasteiger partial charge in [-0.1, -0.05) is 97.3 Å². The highest BCUT2D eigenvalue weighted by molar-refractivity contribution is 7.96. The van der Waals surface area contributed by atoms with Crippen LogP contribution in [0.25, 0.3) is 0 Å². The van der Waals surface area contributed by atoms with Gasteiger partial charge in [-0.05, 0) is 17.9 Å². The van der Waals surface area contributed by atoms with Gasteiger partial charge in [-0.3, -0.25) is 9.59 Å². The van der Waals surface area contributed by atoms with Gasteiger partial charge >= 0.3 is 0 Å². The monoisotopic (exact) mass is 402 g/mol. The second kappa shape index (κ2) is 14.1. The molecule has 1 aromatic carbocycles. The van der Waals surface area contributed by atoms with Crippen LogP contribution in [0.5, 0.6) is 0 Å². The third kappa shape index (κ3) is 17.5. The predicted molar refractivity (Wildman–Crippen MR) is 101 cm³/mol.